The predicted octanol–water partition coefficient (Wildman–Crippen LogP) is 3.20. The summed E-state index contributed by atoms with van der Waals surface area (Å²) >= 11 is 5.59. The minimum atomic E-state index is -4.10. The molecule has 3 atom stereocenters. The third-order valence-corrected chi connectivity index (χ3v) is 3.31. The molecule has 11 heavy (non-hydrogen) atoms. The highest BCUT2D eigenvalue weighted by Gasteiger charge is 2.60. The van der Waals surface area contributed by atoms with Gasteiger partial charge in [0.15, 0.2) is 0 Å². The first-order chi connectivity index (χ1) is 4.78. The van der Waals surface area contributed by atoms with Gasteiger partial charge in [0.05, 0.1) is 5.92 Å². The van der Waals surface area contributed by atoms with E-state index in [-0.39, 0.29) is 5.38 Å². The van der Waals surface area contributed by atoms with Crippen LogP contribution in [0, 0.1) is 11.3 Å². The number of halogens is 4. The van der Waals surface area contributed by atoms with E-state index in [2.05, 4.69) is 0 Å². The van der Waals surface area contributed by atoms with E-state index in [4.69, 9.17) is 11.6 Å². The molecule has 4 heteroatoms. The zero-order valence-corrected chi connectivity index (χ0v) is 7.13. The predicted molar refractivity (Wildman–Crippen MR) is 37.6 cm³/mol. The largest absolute Gasteiger partial charge is 0.392 e. The first-order valence-electron chi connectivity index (χ1n) is 3.49. The minimum absolute atomic E-state index is 0.292. The summed E-state index contributed by atoms with van der Waals surface area (Å²) in [4.78, 5) is 0. The maximum Gasteiger partial charge on any atom is 0.392 e. The Bertz CT molecular complexity index is 166. The Balaban J connectivity index is 2.63. The molecule has 0 saturated heterocycles. The number of rotatable bonds is 1. The fraction of sp³-hybridized carbons (Fsp3) is 1.00. The molecule has 0 bridgehead atoms. The van der Waals surface area contributed by atoms with Gasteiger partial charge < -0.3 is 0 Å². The van der Waals surface area contributed by atoms with Crippen LogP contribution in [0.15, 0.2) is 0 Å². The second kappa shape index (κ2) is 2.28. The summed E-state index contributed by atoms with van der Waals surface area (Å²) < 4.78 is 36.3. The maximum absolute atomic E-state index is 12.1. The van der Waals surface area contributed by atoms with E-state index in [9.17, 15) is 13.2 Å². The van der Waals surface area contributed by atoms with E-state index < -0.39 is 17.5 Å². The first-order valence-corrected chi connectivity index (χ1v) is 3.93. The van der Waals surface area contributed by atoms with Crippen LogP contribution in [0.4, 0.5) is 13.2 Å². The Morgan fingerprint density at radius 2 is 1.91 bits per heavy atom. The molecular weight excluding hydrogens is 177 g/mol. The first kappa shape index (κ1) is 9.17. The number of hydrogen-bond acceptors (Lipinski definition) is 0. The van der Waals surface area contributed by atoms with Crippen molar-refractivity contribution in [3.05, 3.63) is 0 Å². The van der Waals surface area contributed by atoms with Gasteiger partial charge in [-0.25, -0.2) is 0 Å². The fourth-order valence-electron chi connectivity index (χ4n) is 1.15. The van der Waals surface area contributed by atoms with E-state index >= 15 is 0 Å². The zero-order valence-electron chi connectivity index (χ0n) is 6.37. The third-order valence-electron chi connectivity index (χ3n) is 2.65. The highest BCUT2D eigenvalue weighted by atomic mass is 35.5. The Kier molecular flexibility index (Phi) is 1.90. The SMILES string of the molecule is CC(C(F)(F)F)C1(C)CC1Cl. The lowest BCUT2D eigenvalue weighted by molar-refractivity contribution is -0.185. The molecule has 0 aromatic heterocycles. The van der Waals surface area contributed by atoms with Crippen molar-refractivity contribution in [3.63, 3.8) is 0 Å². The standard InChI is InChI=1S/C7H10ClF3/c1-4(7(9,10)11)6(2)3-5(6)8/h4-5H,3H2,1-2H3. The van der Waals surface area contributed by atoms with Gasteiger partial charge in [0.25, 0.3) is 0 Å². The van der Waals surface area contributed by atoms with Crippen LogP contribution in [0.2, 0.25) is 0 Å². The van der Waals surface area contributed by atoms with Gasteiger partial charge in [-0.3, -0.25) is 0 Å². The van der Waals surface area contributed by atoms with E-state index in [0.29, 0.717) is 6.42 Å². The molecule has 1 aliphatic carbocycles. The monoisotopic (exact) mass is 186 g/mol. The van der Waals surface area contributed by atoms with Gasteiger partial charge in [-0.05, 0) is 11.8 Å². The summed E-state index contributed by atoms with van der Waals surface area (Å²) in [5.41, 5.74) is -0.709. The molecule has 1 aliphatic rings. The number of alkyl halides is 4. The van der Waals surface area contributed by atoms with Gasteiger partial charge in [0, 0.05) is 5.38 Å². The topological polar surface area (TPSA) is 0 Å². The molecule has 1 saturated carbocycles. The molecule has 1 rings (SSSR count). The van der Waals surface area contributed by atoms with E-state index in [1.165, 1.54) is 6.92 Å². The van der Waals surface area contributed by atoms with Gasteiger partial charge in [-0.2, -0.15) is 13.2 Å². The highest BCUT2D eigenvalue weighted by molar-refractivity contribution is 6.23. The van der Waals surface area contributed by atoms with Crippen LogP contribution in [0.3, 0.4) is 0 Å². The van der Waals surface area contributed by atoms with Crippen LogP contribution in [0.25, 0.3) is 0 Å². The van der Waals surface area contributed by atoms with Gasteiger partial charge >= 0.3 is 6.18 Å². The van der Waals surface area contributed by atoms with Gasteiger partial charge in [-0.15, -0.1) is 11.6 Å². The van der Waals surface area contributed by atoms with Crippen LogP contribution < -0.4 is 0 Å². The average Bonchev–Trinajstić information content (AvgIpc) is 2.38. The molecule has 0 radical (unpaired) electrons. The highest BCUT2D eigenvalue weighted by Crippen LogP contribution is 2.59. The van der Waals surface area contributed by atoms with Crippen molar-refractivity contribution in [1.82, 2.24) is 0 Å². The quantitative estimate of drug-likeness (QED) is 0.552. The van der Waals surface area contributed by atoms with Crippen LogP contribution in [-0.2, 0) is 0 Å². The van der Waals surface area contributed by atoms with Crippen molar-refractivity contribution < 1.29 is 13.2 Å². The summed E-state index contributed by atoms with van der Waals surface area (Å²) in [6, 6.07) is 0. The van der Waals surface area contributed by atoms with Crippen molar-refractivity contribution in [2.24, 2.45) is 11.3 Å². The summed E-state index contributed by atoms with van der Waals surface area (Å²) in [6.45, 7) is 2.78. The summed E-state index contributed by atoms with van der Waals surface area (Å²) in [5, 5.41) is -0.292. The second-order valence-corrected chi connectivity index (χ2v) is 3.97. The summed E-state index contributed by atoms with van der Waals surface area (Å²) in [7, 11) is 0. The Morgan fingerprint density at radius 3 is 2.00 bits per heavy atom. The van der Waals surface area contributed by atoms with Gasteiger partial charge in [0.2, 0.25) is 0 Å². The van der Waals surface area contributed by atoms with E-state index in [0.717, 1.165) is 0 Å². The van der Waals surface area contributed by atoms with Gasteiger partial charge in [0.1, 0.15) is 0 Å². The molecule has 1 fully saturated rings. The van der Waals surface area contributed by atoms with Crippen molar-refractivity contribution in [2.75, 3.05) is 0 Å². The third kappa shape index (κ3) is 1.48. The van der Waals surface area contributed by atoms with Gasteiger partial charge in [-0.1, -0.05) is 13.8 Å². The van der Waals surface area contributed by atoms with Crippen LogP contribution >= 0.6 is 11.6 Å². The molecule has 0 aliphatic heterocycles. The van der Waals surface area contributed by atoms with Crippen molar-refractivity contribution in [3.8, 4) is 0 Å². The summed E-state index contributed by atoms with van der Waals surface area (Å²) in [6.07, 6.45) is -3.62. The molecule has 3 unspecified atom stereocenters. The second-order valence-electron chi connectivity index (χ2n) is 3.44. The zero-order chi connectivity index (χ0) is 8.86. The van der Waals surface area contributed by atoms with Crippen molar-refractivity contribution in [2.45, 2.75) is 31.8 Å². The average molecular weight is 187 g/mol. The molecule has 0 N–H and O–H groups in total. The summed E-state index contributed by atoms with van der Waals surface area (Å²) in [5.74, 6) is -1.28. The van der Waals surface area contributed by atoms with Crippen LogP contribution in [-0.4, -0.2) is 11.6 Å². The molecule has 0 amide bonds. The van der Waals surface area contributed by atoms with Crippen LogP contribution in [0.5, 0.6) is 0 Å². The van der Waals surface area contributed by atoms with E-state index in [1.54, 1.807) is 6.92 Å². The fourth-order valence-corrected chi connectivity index (χ4v) is 1.67. The lowest BCUT2D eigenvalue weighted by Gasteiger charge is -2.21. The lowest BCUT2D eigenvalue weighted by atomic mass is 9.92. The smallest absolute Gasteiger partial charge is 0.171 e. The molecule has 0 heterocycles. The Labute approximate surface area is 68.7 Å². The van der Waals surface area contributed by atoms with E-state index in [1.807, 2.05) is 0 Å². The molecule has 0 spiro atoms. The molecule has 0 aromatic rings. The number of hydrogen-bond donors (Lipinski definition) is 0. The Hall–Kier alpha value is 0.0800. The van der Waals surface area contributed by atoms with Crippen molar-refractivity contribution in [1.29, 1.82) is 0 Å². The molecule has 0 aromatic carbocycles. The Morgan fingerprint density at radius 1 is 1.55 bits per heavy atom. The molecule has 0 nitrogen and oxygen atoms in total. The van der Waals surface area contributed by atoms with Crippen molar-refractivity contribution >= 4 is 11.6 Å². The maximum atomic E-state index is 12.1. The van der Waals surface area contributed by atoms with Crippen LogP contribution in [0.1, 0.15) is 20.3 Å². The minimum Gasteiger partial charge on any atom is -0.171 e. The molecular formula is C7H10ClF3. The normalized spacial score (nSPS) is 40.4. The lowest BCUT2D eigenvalue weighted by Crippen LogP contribution is -2.28. The molecule has 66 valence electrons.